The van der Waals surface area contributed by atoms with Crippen molar-refractivity contribution in [1.29, 1.82) is 0 Å². The minimum atomic E-state index is -0.0167. The summed E-state index contributed by atoms with van der Waals surface area (Å²) in [7, 11) is 4.01. The summed E-state index contributed by atoms with van der Waals surface area (Å²) in [5.74, 6) is -0.0167. The fraction of sp³-hybridized carbons (Fsp3) is 0.267. The lowest BCUT2D eigenvalue weighted by molar-refractivity contribution is 0.0930. The molecule has 1 N–H and O–H groups in total. The highest BCUT2D eigenvalue weighted by atomic mass is 32.1. The Balaban J connectivity index is 2.13. The van der Waals surface area contributed by atoms with Crippen LogP contribution in [0.15, 0.2) is 47.2 Å². The van der Waals surface area contributed by atoms with Gasteiger partial charge in [0.2, 0.25) is 0 Å². The molecule has 1 aromatic carbocycles. The lowest BCUT2D eigenvalue weighted by atomic mass is 10.1. The molecule has 0 bridgehead atoms. The highest BCUT2D eigenvalue weighted by Gasteiger charge is 2.16. The van der Waals surface area contributed by atoms with Crippen LogP contribution in [0.4, 0.5) is 0 Å². The molecule has 19 heavy (non-hydrogen) atoms. The standard InChI is InChI=1S/C15H18N2OS/c1-17(2)10-14(12-6-4-3-5-7-12)16-15(18)13-8-9-19-11-13/h3-9,11,14H,10H2,1-2H3,(H,16,18)/t14-/m1/s1. The molecule has 3 nitrogen and oxygen atoms in total. The molecule has 0 spiro atoms. The number of likely N-dealkylation sites (N-methyl/N-ethyl adjacent to an activating group) is 1. The van der Waals surface area contributed by atoms with E-state index in [9.17, 15) is 4.79 Å². The van der Waals surface area contributed by atoms with Crippen LogP contribution in [-0.4, -0.2) is 31.4 Å². The van der Waals surface area contributed by atoms with Crippen LogP contribution >= 0.6 is 11.3 Å². The molecule has 4 heteroatoms. The molecule has 0 fully saturated rings. The predicted molar refractivity (Wildman–Crippen MR) is 79.5 cm³/mol. The molecule has 0 aliphatic rings. The van der Waals surface area contributed by atoms with Crippen LogP contribution in [-0.2, 0) is 0 Å². The molecular formula is C15H18N2OS. The normalized spacial score (nSPS) is 12.4. The highest BCUT2D eigenvalue weighted by molar-refractivity contribution is 7.08. The van der Waals surface area contributed by atoms with Crippen molar-refractivity contribution in [2.75, 3.05) is 20.6 Å². The van der Waals surface area contributed by atoms with Gasteiger partial charge in [0.15, 0.2) is 0 Å². The first-order valence-corrected chi connectivity index (χ1v) is 7.14. The third kappa shape index (κ3) is 3.91. The summed E-state index contributed by atoms with van der Waals surface area (Å²) in [5, 5.41) is 6.88. The van der Waals surface area contributed by atoms with E-state index in [1.807, 2.05) is 61.3 Å². The van der Waals surface area contributed by atoms with Crippen molar-refractivity contribution in [2.45, 2.75) is 6.04 Å². The zero-order valence-electron chi connectivity index (χ0n) is 11.2. The molecule has 2 aromatic rings. The second-order valence-electron chi connectivity index (χ2n) is 4.71. The number of rotatable bonds is 5. The van der Waals surface area contributed by atoms with Crippen LogP contribution in [0.25, 0.3) is 0 Å². The lowest BCUT2D eigenvalue weighted by Gasteiger charge is -2.22. The molecule has 1 heterocycles. The van der Waals surface area contributed by atoms with E-state index in [0.29, 0.717) is 0 Å². The number of carbonyl (C=O) groups excluding carboxylic acids is 1. The number of nitrogens with one attached hydrogen (secondary N) is 1. The Bertz CT molecular complexity index is 508. The summed E-state index contributed by atoms with van der Waals surface area (Å²) in [6, 6.07) is 11.9. The zero-order valence-corrected chi connectivity index (χ0v) is 12.0. The maximum absolute atomic E-state index is 12.1. The molecule has 0 unspecified atom stereocenters. The molecule has 0 aliphatic heterocycles. The second kappa shape index (κ2) is 6.50. The number of carbonyl (C=O) groups is 1. The van der Waals surface area contributed by atoms with Crippen molar-refractivity contribution in [3.05, 3.63) is 58.3 Å². The van der Waals surface area contributed by atoms with Gasteiger partial charge in [-0.05, 0) is 31.1 Å². The smallest absolute Gasteiger partial charge is 0.252 e. The fourth-order valence-electron chi connectivity index (χ4n) is 1.92. The summed E-state index contributed by atoms with van der Waals surface area (Å²) in [6.45, 7) is 0.778. The molecule has 2 rings (SSSR count). The number of hydrogen-bond acceptors (Lipinski definition) is 3. The maximum atomic E-state index is 12.1. The van der Waals surface area contributed by atoms with E-state index in [1.165, 1.54) is 11.3 Å². The fourth-order valence-corrected chi connectivity index (χ4v) is 2.56. The second-order valence-corrected chi connectivity index (χ2v) is 5.49. The summed E-state index contributed by atoms with van der Waals surface area (Å²) in [5.41, 5.74) is 1.85. The summed E-state index contributed by atoms with van der Waals surface area (Å²) in [4.78, 5) is 14.2. The lowest BCUT2D eigenvalue weighted by Crippen LogP contribution is -2.35. The average Bonchev–Trinajstić information content (AvgIpc) is 2.92. The molecule has 1 amide bonds. The van der Waals surface area contributed by atoms with E-state index in [-0.39, 0.29) is 11.9 Å². The van der Waals surface area contributed by atoms with Gasteiger partial charge in [-0.3, -0.25) is 4.79 Å². The van der Waals surface area contributed by atoms with Gasteiger partial charge in [-0.15, -0.1) is 0 Å². The first-order chi connectivity index (χ1) is 9.16. The Hall–Kier alpha value is -1.65. The minimum absolute atomic E-state index is 0.00333. The van der Waals surface area contributed by atoms with Crippen LogP contribution in [0.2, 0.25) is 0 Å². The number of hydrogen-bond donors (Lipinski definition) is 1. The van der Waals surface area contributed by atoms with Crippen molar-refractivity contribution < 1.29 is 4.79 Å². The first-order valence-electron chi connectivity index (χ1n) is 6.19. The zero-order chi connectivity index (χ0) is 13.7. The number of amides is 1. The van der Waals surface area contributed by atoms with Crippen molar-refractivity contribution >= 4 is 17.2 Å². The highest BCUT2D eigenvalue weighted by Crippen LogP contribution is 2.15. The topological polar surface area (TPSA) is 32.3 Å². The van der Waals surface area contributed by atoms with E-state index in [1.54, 1.807) is 0 Å². The third-order valence-corrected chi connectivity index (χ3v) is 3.52. The quantitative estimate of drug-likeness (QED) is 0.909. The van der Waals surface area contributed by atoms with Gasteiger partial charge in [-0.1, -0.05) is 30.3 Å². The Kier molecular flexibility index (Phi) is 4.71. The largest absolute Gasteiger partial charge is 0.344 e. The Morgan fingerprint density at radius 2 is 2.00 bits per heavy atom. The molecule has 0 saturated carbocycles. The van der Waals surface area contributed by atoms with Gasteiger partial charge in [-0.25, -0.2) is 0 Å². The molecule has 100 valence electrons. The maximum Gasteiger partial charge on any atom is 0.252 e. The monoisotopic (exact) mass is 274 g/mol. The van der Waals surface area contributed by atoms with E-state index in [0.717, 1.165) is 17.7 Å². The molecule has 1 aromatic heterocycles. The number of benzene rings is 1. The Labute approximate surface area is 117 Å². The van der Waals surface area contributed by atoms with Crippen LogP contribution in [0.1, 0.15) is 22.0 Å². The summed E-state index contributed by atoms with van der Waals surface area (Å²) in [6.07, 6.45) is 0. The van der Waals surface area contributed by atoms with Crippen molar-refractivity contribution in [3.63, 3.8) is 0 Å². The Morgan fingerprint density at radius 3 is 2.58 bits per heavy atom. The van der Waals surface area contributed by atoms with Gasteiger partial charge in [0.25, 0.3) is 5.91 Å². The van der Waals surface area contributed by atoms with Gasteiger partial charge in [0.1, 0.15) is 0 Å². The van der Waals surface area contributed by atoms with Gasteiger partial charge in [-0.2, -0.15) is 11.3 Å². The van der Waals surface area contributed by atoms with Crippen molar-refractivity contribution in [3.8, 4) is 0 Å². The van der Waals surface area contributed by atoms with E-state index in [4.69, 9.17) is 0 Å². The van der Waals surface area contributed by atoms with Gasteiger partial charge < -0.3 is 10.2 Å². The minimum Gasteiger partial charge on any atom is -0.344 e. The van der Waals surface area contributed by atoms with Gasteiger partial charge >= 0.3 is 0 Å². The predicted octanol–water partition coefficient (Wildman–Crippen LogP) is 2.78. The molecule has 0 saturated heterocycles. The summed E-state index contributed by atoms with van der Waals surface area (Å²) >= 11 is 1.53. The molecule has 1 atom stereocenters. The molecule has 0 radical (unpaired) electrons. The van der Waals surface area contributed by atoms with Crippen LogP contribution < -0.4 is 5.32 Å². The molecular weight excluding hydrogens is 256 g/mol. The van der Waals surface area contributed by atoms with Gasteiger partial charge in [0, 0.05) is 11.9 Å². The van der Waals surface area contributed by atoms with E-state index >= 15 is 0 Å². The number of nitrogens with zero attached hydrogens (tertiary/aromatic N) is 1. The van der Waals surface area contributed by atoms with Crippen LogP contribution in [0.3, 0.4) is 0 Å². The third-order valence-electron chi connectivity index (χ3n) is 2.84. The van der Waals surface area contributed by atoms with Crippen LogP contribution in [0.5, 0.6) is 0 Å². The molecule has 0 aliphatic carbocycles. The number of thiophene rings is 1. The van der Waals surface area contributed by atoms with Crippen molar-refractivity contribution in [2.24, 2.45) is 0 Å². The van der Waals surface area contributed by atoms with Crippen LogP contribution in [0, 0.1) is 0 Å². The Morgan fingerprint density at radius 1 is 1.26 bits per heavy atom. The van der Waals surface area contributed by atoms with E-state index < -0.39 is 0 Å². The SMILES string of the molecule is CN(C)C[C@@H](NC(=O)c1ccsc1)c1ccccc1. The average molecular weight is 274 g/mol. The van der Waals surface area contributed by atoms with E-state index in [2.05, 4.69) is 10.2 Å². The van der Waals surface area contributed by atoms with Crippen molar-refractivity contribution in [1.82, 2.24) is 10.2 Å². The van der Waals surface area contributed by atoms with Gasteiger partial charge in [0.05, 0.1) is 11.6 Å². The first kappa shape index (κ1) is 13.8. The summed E-state index contributed by atoms with van der Waals surface area (Å²) < 4.78 is 0.